The molecule has 0 saturated heterocycles. The van der Waals surface area contributed by atoms with Gasteiger partial charge in [0.15, 0.2) is 23.9 Å². The van der Waals surface area contributed by atoms with Crippen LogP contribution >= 0.6 is 0 Å². The fraction of sp³-hybridized carbons (Fsp3) is 0.118. The van der Waals surface area contributed by atoms with E-state index in [0.717, 1.165) is 0 Å². The lowest BCUT2D eigenvalue weighted by Gasteiger charge is -2.05. The highest BCUT2D eigenvalue weighted by Crippen LogP contribution is 2.32. The Morgan fingerprint density at radius 2 is 1.91 bits per heavy atom. The Hall–Kier alpha value is -3.33. The molecule has 3 rings (SSSR count). The van der Waals surface area contributed by atoms with E-state index in [2.05, 4.69) is 0 Å². The first-order valence-corrected chi connectivity index (χ1v) is 6.77. The van der Waals surface area contributed by atoms with Crippen LogP contribution in [0.1, 0.15) is 26.3 Å². The zero-order chi connectivity index (χ0) is 16.2. The number of Topliss-reactive ketones (excluding diaryl/α,β-unsaturated/α-hetero) is 1. The molecule has 0 saturated carbocycles. The van der Waals surface area contributed by atoms with Crippen molar-refractivity contribution in [1.29, 1.82) is 5.26 Å². The lowest BCUT2D eigenvalue weighted by Crippen LogP contribution is -2.14. The summed E-state index contributed by atoms with van der Waals surface area (Å²) in [4.78, 5) is 24.0. The van der Waals surface area contributed by atoms with Crippen LogP contribution in [-0.4, -0.2) is 25.2 Å². The number of hydrogen-bond donors (Lipinski definition) is 0. The van der Waals surface area contributed by atoms with Crippen molar-refractivity contribution in [3.8, 4) is 17.6 Å². The van der Waals surface area contributed by atoms with E-state index in [1.165, 1.54) is 12.1 Å². The summed E-state index contributed by atoms with van der Waals surface area (Å²) in [6.45, 7) is -0.271. The molecule has 0 fully saturated rings. The lowest BCUT2D eigenvalue weighted by molar-refractivity contribution is 0.0474. The minimum absolute atomic E-state index is 0.122. The summed E-state index contributed by atoms with van der Waals surface area (Å²) in [6.07, 6.45) is 0. The van der Waals surface area contributed by atoms with Crippen molar-refractivity contribution in [3.63, 3.8) is 0 Å². The van der Waals surface area contributed by atoms with Gasteiger partial charge in [-0.15, -0.1) is 0 Å². The largest absolute Gasteiger partial charge is 0.454 e. The molecule has 2 aromatic rings. The highest BCUT2D eigenvalue weighted by atomic mass is 16.7. The number of rotatable bonds is 4. The second-order valence-electron chi connectivity index (χ2n) is 4.76. The number of ether oxygens (including phenoxy) is 3. The van der Waals surface area contributed by atoms with Crippen LogP contribution in [0.3, 0.4) is 0 Å². The Morgan fingerprint density at radius 3 is 2.74 bits per heavy atom. The van der Waals surface area contributed by atoms with E-state index in [1.54, 1.807) is 30.3 Å². The van der Waals surface area contributed by atoms with Crippen molar-refractivity contribution in [1.82, 2.24) is 0 Å². The molecule has 0 N–H and O–H groups in total. The molecule has 2 aromatic carbocycles. The summed E-state index contributed by atoms with van der Waals surface area (Å²) < 4.78 is 15.4. The Kier molecular flexibility index (Phi) is 3.93. The Bertz CT molecular complexity index is 822. The molecule has 0 unspecified atom stereocenters. The number of fused-ring (bicyclic) bond motifs is 1. The van der Waals surface area contributed by atoms with E-state index < -0.39 is 12.6 Å². The molecule has 1 aliphatic rings. The maximum absolute atomic E-state index is 12.1. The Morgan fingerprint density at radius 1 is 1.09 bits per heavy atom. The normalized spacial score (nSPS) is 11.6. The van der Waals surface area contributed by atoms with Crippen LogP contribution in [0, 0.1) is 11.3 Å². The van der Waals surface area contributed by atoms with Crippen LogP contribution in [0.2, 0.25) is 0 Å². The van der Waals surface area contributed by atoms with Gasteiger partial charge in [0.1, 0.15) is 0 Å². The molecule has 1 aliphatic heterocycles. The zero-order valence-corrected chi connectivity index (χ0v) is 11.9. The second-order valence-corrected chi connectivity index (χ2v) is 4.76. The number of nitriles is 1. The lowest BCUT2D eigenvalue weighted by atomic mass is 10.1. The number of carbonyl (C=O) groups is 2. The van der Waals surface area contributed by atoms with Crippen molar-refractivity contribution in [2.24, 2.45) is 0 Å². The molecular formula is C17H11NO5. The fourth-order valence-electron chi connectivity index (χ4n) is 2.08. The first-order chi connectivity index (χ1) is 11.2. The fourth-order valence-corrected chi connectivity index (χ4v) is 2.08. The van der Waals surface area contributed by atoms with Gasteiger partial charge < -0.3 is 14.2 Å². The molecule has 0 amide bonds. The molecule has 0 atom stereocenters. The van der Waals surface area contributed by atoms with Crippen molar-refractivity contribution in [2.45, 2.75) is 0 Å². The third-order valence-corrected chi connectivity index (χ3v) is 3.26. The molecule has 0 aliphatic carbocycles. The van der Waals surface area contributed by atoms with Gasteiger partial charge in [-0.3, -0.25) is 4.79 Å². The average molecular weight is 309 g/mol. The first-order valence-electron chi connectivity index (χ1n) is 6.77. The topological polar surface area (TPSA) is 85.6 Å². The van der Waals surface area contributed by atoms with Crippen LogP contribution in [0.15, 0.2) is 42.5 Å². The Labute approximate surface area is 131 Å². The second kappa shape index (κ2) is 6.20. The molecule has 0 bridgehead atoms. The first kappa shape index (κ1) is 14.6. The van der Waals surface area contributed by atoms with Crippen molar-refractivity contribution in [3.05, 3.63) is 59.2 Å². The van der Waals surface area contributed by atoms with Gasteiger partial charge in [0.25, 0.3) is 0 Å². The van der Waals surface area contributed by atoms with Crippen LogP contribution in [0.4, 0.5) is 0 Å². The van der Waals surface area contributed by atoms with Gasteiger partial charge in [-0.25, -0.2) is 4.79 Å². The molecule has 0 spiro atoms. The summed E-state index contributed by atoms with van der Waals surface area (Å²) in [5.74, 6) is 0.0556. The smallest absolute Gasteiger partial charge is 0.338 e. The molecule has 0 radical (unpaired) electrons. The molecule has 0 aromatic heterocycles. The molecule has 6 nitrogen and oxygen atoms in total. The molecule has 23 heavy (non-hydrogen) atoms. The molecule has 6 heteroatoms. The third-order valence-electron chi connectivity index (χ3n) is 3.26. The number of benzene rings is 2. The van der Waals surface area contributed by atoms with Gasteiger partial charge >= 0.3 is 5.97 Å². The molecular weight excluding hydrogens is 298 g/mol. The predicted octanol–water partition coefficient (Wildman–Crippen LogP) is 2.33. The van der Waals surface area contributed by atoms with Gasteiger partial charge in [0, 0.05) is 5.56 Å². The van der Waals surface area contributed by atoms with Crippen LogP contribution < -0.4 is 9.47 Å². The predicted molar refractivity (Wildman–Crippen MR) is 78.3 cm³/mol. The summed E-state index contributed by atoms with van der Waals surface area (Å²) in [7, 11) is 0. The SMILES string of the molecule is N#Cc1cccc(C(=O)OCC(=O)c2ccc3c(c2)OCO3)c1. The van der Waals surface area contributed by atoms with Crippen LogP contribution in [0.25, 0.3) is 0 Å². The monoisotopic (exact) mass is 309 g/mol. The van der Waals surface area contributed by atoms with Crippen molar-refractivity contribution >= 4 is 11.8 Å². The zero-order valence-electron chi connectivity index (χ0n) is 11.9. The summed E-state index contributed by atoms with van der Waals surface area (Å²) in [5.41, 5.74) is 0.942. The highest BCUT2D eigenvalue weighted by Gasteiger charge is 2.17. The van der Waals surface area contributed by atoms with Gasteiger partial charge in [0.05, 0.1) is 17.2 Å². The maximum atomic E-state index is 12.1. The van der Waals surface area contributed by atoms with Gasteiger partial charge in [-0.05, 0) is 36.4 Å². The highest BCUT2D eigenvalue weighted by molar-refractivity contribution is 5.99. The van der Waals surface area contributed by atoms with E-state index in [1.807, 2.05) is 6.07 Å². The minimum Gasteiger partial charge on any atom is -0.454 e. The standard InChI is InChI=1S/C17H11NO5/c18-8-11-2-1-3-13(6-11)17(20)21-9-14(19)12-4-5-15-16(7-12)23-10-22-15/h1-7H,9-10H2. The van der Waals surface area contributed by atoms with E-state index in [0.29, 0.717) is 22.6 Å². The third kappa shape index (κ3) is 3.14. The average Bonchev–Trinajstić information content (AvgIpc) is 3.07. The number of esters is 1. The van der Waals surface area contributed by atoms with Crippen molar-refractivity contribution in [2.75, 3.05) is 13.4 Å². The summed E-state index contributed by atoms with van der Waals surface area (Å²) >= 11 is 0. The van der Waals surface area contributed by atoms with Crippen LogP contribution in [-0.2, 0) is 4.74 Å². The Balaban J connectivity index is 1.64. The molecule has 114 valence electrons. The number of nitrogens with zero attached hydrogens (tertiary/aromatic N) is 1. The van der Waals surface area contributed by atoms with Gasteiger partial charge in [-0.1, -0.05) is 6.07 Å². The van der Waals surface area contributed by atoms with E-state index in [4.69, 9.17) is 19.5 Å². The number of ketones is 1. The van der Waals surface area contributed by atoms with Gasteiger partial charge in [0.2, 0.25) is 6.79 Å². The summed E-state index contributed by atoms with van der Waals surface area (Å²) in [5, 5.41) is 8.81. The van der Waals surface area contributed by atoms with Gasteiger partial charge in [-0.2, -0.15) is 5.26 Å². The number of hydrogen-bond acceptors (Lipinski definition) is 6. The van der Waals surface area contributed by atoms with Crippen LogP contribution in [0.5, 0.6) is 11.5 Å². The summed E-state index contributed by atoms with van der Waals surface area (Å²) in [6, 6.07) is 12.8. The molecule has 1 heterocycles. The quantitative estimate of drug-likeness (QED) is 0.636. The van der Waals surface area contributed by atoms with Crippen molar-refractivity contribution < 1.29 is 23.8 Å². The maximum Gasteiger partial charge on any atom is 0.338 e. The van der Waals surface area contributed by atoms with E-state index in [-0.39, 0.29) is 18.1 Å². The number of carbonyl (C=O) groups excluding carboxylic acids is 2. The van der Waals surface area contributed by atoms with E-state index >= 15 is 0 Å². The van der Waals surface area contributed by atoms with E-state index in [9.17, 15) is 9.59 Å². The minimum atomic E-state index is -0.656.